The second-order valence-electron chi connectivity index (χ2n) is 12.3. The van der Waals surface area contributed by atoms with E-state index in [9.17, 15) is 33.1 Å². The molecule has 3 amide bonds. The lowest BCUT2D eigenvalue weighted by atomic mass is 10.0. The molecular weight excluding hydrogens is 618 g/mol. The van der Waals surface area contributed by atoms with Gasteiger partial charge in [-0.3, -0.25) is 14.4 Å². The number of alkyl halides is 2. The van der Waals surface area contributed by atoms with Crippen molar-refractivity contribution in [2.75, 3.05) is 6.54 Å². The average molecular weight is 653 g/mol. The highest BCUT2D eigenvalue weighted by Gasteiger charge is 2.61. The van der Waals surface area contributed by atoms with Crippen LogP contribution in [0.5, 0.6) is 5.88 Å². The van der Waals surface area contributed by atoms with Crippen molar-refractivity contribution in [3.05, 3.63) is 60.1 Å². The lowest BCUT2D eigenvalue weighted by Gasteiger charge is -2.29. The second-order valence-corrected chi connectivity index (χ2v) is 12.3. The largest absolute Gasteiger partial charge is 0.479 e. The van der Waals surface area contributed by atoms with Crippen molar-refractivity contribution in [1.29, 1.82) is 0 Å². The molecule has 0 bridgehead atoms. The molecular formula is C32H34F2N6O7. The van der Waals surface area contributed by atoms with Crippen molar-refractivity contribution < 1.29 is 42.3 Å². The van der Waals surface area contributed by atoms with Gasteiger partial charge >= 0.3 is 5.97 Å². The fraction of sp³-hybridized carbons (Fsp3) is 0.469. The van der Waals surface area contributed by atoms with Gasteiger partial charge in [-0.2, -0.15) is 8.78 Å². The fourth-order valence-corrected chi connectivity index (χ4v) is 6.22. The Kier molecular flexibility index (Phi) is 8.64. The van der Waals surface area contributed by atoms with Crippen LogP contribution in [0, 0.1) is 5.92 Å². The molecule has 4 heterocycles. The number of carbonyl (C=O) groups excluding carboxylic acids is 3. The molecule has 0 spiro atoms. The van der Waals surface area contributed by atoms with E-state index in [0.717, 1.165) is 12.8 Å². The lowest BCUT2D eigenvalue weighted by Crippen LogP contribution is -2.56. The molecule has 1 aromatic carbocycles. The van der Waals surface area contributed by atoms with E-state index in [2.05, 4.69) is 25.8 Å². The van der Waals surface area contributed by atoms with E-state index < -0.39 is 70.8 Å². The standard InChI is InChI=1S/C32H34F2N6O7/c1-31(33,34)25-28(37-21-11-8-7-10-20(21)35-25)47-19-15-24-27(42)38-32(30(44)45)16-18(32)9-5-3-2-4-6-12-23(29(43)40(24)17-19)36-26(41)22-13-14-46-39-22/h5,7-11,13-14,18-19,23-24H,2-4,6,12,15-17H2,1H3,(H,36,41)(H,38,42)(H,44,45)/b9-5-/t18-,19-,23+,24+,32-/m1/s1. The van der Waals surface area contributed by atoms with Gasteiger partial charge in [-0.25, -0.2) is 14.8 Å². The number of halogens is 2. The van der Waals surface area contributed by atoms with Gasteiger partial charge in [-0.05, 0) is 37.8 Å². The Hall–Kier alpha value is -4.95. The Morgan fingerprint density at radius 3 is 2.62 bits per heavy atom. The molecule has 3 N–H and O–H groups in total. The minimum Gasteiger partial charge on any atom is -0.479 e. The third-order valence-corrected chi connectivity index (χ3v) is 8.83. The minimum atomic E-state index is -3.43. The van der Waals surface area contributed by atoms with E-state index in [4.69, 9.17) is 9.26 Å². The van der Waals surface area contributed by atoms with Crippen molar-refractivity contribution in [2.24, 2.45) is 5.92 Å². The smallest absolute Gasteiger partial charge is 0.330 e. The van der Waals surface area contributed by atoms with E-state index in [1.807, 2.05) is 6.08 Å². The van der Waals surface area contributed by atoms with Crippen molar-refractivity contribution in [1.82, 2.24) is 30.7 Å². The third kappa shape index (κ3) is 6.65. The number of carboxylic acid groups (broad SMARTS) is 1. The Morgan fingerprint density at radius 2 is 1.91 bits per heavy atom. The Morgan fingerprint density at radius 1 is 1.15 bits per heavy atom. The maximum atomic E-state index is 14.7. The quantitative estimate of drug-likeness (QED) is 0.335. The molecule has 5 atom stereocenters. The topological polar surface area (TPSA) is 177 Å². The highest BCUT2D eigenvalue weighted by molar-refractivity contribution is 5.98. The van der Waals surface area contributed by atoms with Gasteiger partial charge in [-0.1, -0.05) is 42.3 Å². The Bertz CT molecular complexity index is 1710. The molecule has 1 saturated heterocycles. The first-order valence-electron chi connectivity index (χ1n) is 15.5. The number of nitrogens with one attached hydrogen (secondary N) is 2. The molecule has 248 valence electrons. The number of hydrogen-bond donors (Lipinski definition) is 3. The summed E-state index contributed by atoms with van der Waals surface area (Å²) in [5.74, 6) is -7.50. The fourth-order valence-electron chi connectivity index (χ4n) is 6.22. The number of carboxylic acids is 1. The number of rotatable bonds is 6. The number of aliphatic carboxylic acids is 1. The van der Waals surface area contributed by atoms with Crippen LogP contribution in [0.25, 0.3) is 11.0 Å². The molecule has 1 aliphatic carbocycles. The predicted molar refractivity (Wildman–Crippen MR) is 160 cm³/mol. The summed E-state index contributed by atoms with van der Waals surface area (Å²) in [6.07, 6.45) is 6.95. The number of aromatic nitrogens is 3. The van der Waals surface area contributed by atoms with Gasteiger partial charge in [0.1, 0.15) is 30.0 Å². The molecule has 3 aliphatic rings. The van der Waals surface area contributed by atoms with Gasteiger partial charge < -0.3 is 29.9 Å². The SMILES string of the molecule is CC(F)(F)c1nc2ccccc2nc1O[C@@H]1C[C@H]2C(=O)N[C@]3(C(=O)O)C[C@H]3/C=C\CCCCC[C@H](NC(=O)c3ccon3)C(=O)N2C1. The summed E-state index contributed by atoms with van der Waals surface area (Å²) in [7, 11) is 0. The average Bonchev–Trinajstić information content (AvgIpc) is 3.35. The van der Waals surface area contributed by atoms with Crippen LogP contribution in [-0.4, -0.2) is 79.1 Å². The maximum absolute atomic E-state index is 14.7. The van der Waals surface area contributed by atoms with Gasteiger partial charge in [-0.15, -0.1) is 0 Å². The van der Waals surface area contributed by atoms with Crippen LogP contribution in [0.4, 0.5) is 8.78 Å². The molecule has 1 saturated carbocycles. The summed E-state index contributed by atoms with van der Waals surface area (Å²) < 4.78 is 40.2. The first-order chi connectivity index (χ1) is 22.5. The number of hydrogen-bond acceptors (Lipinski definition) is 9. The number of allylic oxidation sites excluding steroid dienone is 1. The van der Waals surface area contributed by atoms with Gasteiger partial charge in [0.25, 0.3) is 11.8 Å². The zero-order valence-corrected chi connectivity index (χ0v) is 25.5. The van der Waals surface area contributed by atoms with Crippen LogP contribution in [0.1, 0.15) is 68.1 Å². The van der Waals surface area contributed by atoms with E-state index in [0.29, 0.717) is 25.3 Å². The van der Waals surface area contributed by atoms with Crippen molar-refractivity contribution >= 4 is 34.7 Å². The summed E-state index contributed by atoms with van der Waals surface area (Å²) in [4.78, 5) is 62.9. The summed E-state index contributed by atoms with van der Waals surface area (Å²) >= 11 is 0. The molecule has 13 nitrogen and oxygen atoms in total. The van der Waals surface area contributed by atoms with Crippen LogP contribution < -0.4 is 15.4 Å². The first-order valence-corrected chi connectivity index (χ1v) is 15.5. The number of carbonyl (C=O) groups is 4. The molecule has 0 radical (unpaired) electrons. The summed E-state index contributed by atoms with van der Waals surface area (Å²) in [5.41, 5.74) is -1.73. The highest BCUT2D eigenvalue weighted by Crippen LogP contribution is 2.45. The van der Waals surface area contributed by atoms with Gasteiger partial charge in [0.05, 0.1) is 17.6 Å². The summed E-state index contributed by atoms with van der Waals surface area (Å²) in [6.45, 7) is 0.447. The number of nitrogens with zero attached hydrogens (tertiary/aromatic N) is 4. The zero-order valence-electron chi connectivity index (χ0n) is 25.5. The van der Waals surface area contributed by atoms with Gasteiger partial charge in [0, 0.05) is 25.3 Å². The van der Waals surface area contributed by atoms with Crippen molar-refractivity contribution in [3.63, 3.8) is 0 Å². The Labute approximate surface area is 267 Å². The van der Waals surface area contributed by atoms with Gasteiger partial charge in [0.15, 0.2) is 11.4 Å². The second kappa shape index (κ2) is 12.7. The van der Waals surface area contributed by atoms with Crippen LogP contribution in [0.15, 0.2) is 53.3 Å². The van der Waals surface area contributed by atoms with Gasteiger partial charge in [0.2, 0.25) is 17.7 Å². The van der Waals surface area contributed by atoms with Crippen LogP contribution in [-0.2, 0) is 20.3 Å². The molecule has 6 rings (SSSR count). The van der Waals surface area contributed by atoms with E-state index >= 15 is 0 Å². The Balaban J connectivity index is 1.33. The molecule has 3 aromatic rings. The number of para-hydroxylation sites is 2. The van der Waals surface area contributed by atoms with Crippen molar-refractivity contribution in [3.8, 4) is 5.88 Å². The molecule has 15 heteroatoms. The van der Waals surface area contributed by atoms with Crippen LogP contribution in [0.3, 0.4) is 0 Å². The number of benzene rings is 1. The monoisotopic (exact) mass is 652 g/mol. The third-order valence-electron chi connectivity index (χ3n) is 8.83. The number of ether oxygens (including phenoxy) is 1. The highest BCUT2D eigenvalue weighted by atomic mass is 19.3. The number of amides is 3. The summed E-state index contributed by atoms with van der Waals surface area (Å²) in [6, 6.07) is 5.49. The van der Waals surface area contributed by atoms with Crippen LogP contribution >= 0.6 is 0 Å². The lowest BCUT2D eigenvalue weighted by molar-refractivity contribution is -0.145. The minimum absolute atomic E-state index is 0.0400. The predicted octanol–water partition coefficient (Wildman–Crippen LogP) is 3.36. The van der Waals surface area contributed by atoms with E-state index in [1.165, 1.54) is 17.2 Å². The molecule has 2 aliphatic heterocycles. The van der Waals surface area contributed by atoms with Crippen LogP contribution in [0.2, 0.25) is 0 Å². The van der Waals surface area contributed by atoms with Crippen molar-refractivity contribution in [2.45, 2.75) is 81.5 Å². The molecule has 2 aromatic heterocycles. The first kappa shape index (κ1) is 32.0. The van der Waals surface area contributed by atoms with E-state index in [-0.39, 0.29) is 37.0 Å². The van der Waals surface area contributed by atoms with E-state index in [1.54, 1.807) is 30.3 Å². The molecule has 0 unspecified atom stereocenters. The molecule has 2 fully saturated rings. The molecule has 47 heavy (non-hydrogen) atoms. The number of fused-ring (bicyclic) bond motifs is 3. The maximum Gasteiger partial charge on any atom is 0.330 e. The zero-order chi connectivity index (χ0) is 33.3. The summed E-state index contributed by atoms with van der Waals surface area (Å²) in [5, 5.41) is 19.1. The normalized spacial score (nSPS) is 27.5.